The molecule has 0 atom stereocenters. The van der Waals surface area contributed by atoms with Crippen LogP contribution in [0, 0.1) is 6.92 Å². The summed E-state index contributed by atoms with van der Waals surface area (Å²) in [5.74, 6) is 0.389. The molecule has 1 aromatic heterocycles. The van der Waals surface area contributed by atoms with Crippen LogP contribution >= 0.6 is 0 Å². The van der Waals surface area contributed by atoms with Crippen molar-refractivity contribution in [2.75, 3.05) is 23.3 Å². The molecular formula is C31H30N4O2. The van der Waals surface area contributed by atoms with Crippen molar-refractivity contribution in [1.29, 1.82) is 0 Å². The fraction of sp³-hybridized carbons (Fsp3) is 0.226. The monoisotopic (exact) mass is 490 g/mol. The lowest BCUT2D eigenvalue weighted by molar-refractivity contribution is 0.0996. The van der Waals surface area contributed by atoms with Crippen LogP contribution in [0.1, 0.15) is 57.5 Å². The first kappa shape index (κ1) is 24.4. The van der Waals surface area contributed by atoms with Gasteiger partial charge in [0.25, 0.3) is 5.91 Å². The standard InChI is InChI=1S/C31H30N4O2/c1-22-13-15-23(16-14-22)30(36)26-11-4-5-12-27(26)31(37)32-25-10-8-9-24(21-25)28-17-18-29(34-33-28)35-19-6-2-3-7-20-35/h4-5,8-18,21H,2-3,6-7,19-20H2,1H3,(H,32,37). The first-order valence-electron chi connectivity index (χ1n) is 12.8. The number of anilines is 2. The normalized spacial score (nSPS) is 13.6. The molecule has 37 heavy (non-hydrogen) atoms. The summed E-state index contributed by atoms with van der Waals surface area (Å²) in [5.41, 5.74) is 4.55. The molecule has 4 aromatic rings. The molecule has 0 bridgehead atoms. The Morgan fingerprint density at radius 3 is 2.19 bits per heavy atom. The Labute approximate surface area is 217 Å². The molecule has 186 valence electrons. The van der Waals surface area contributed by atoms with E-state index in [1.54, 1.807) is 36.4 Å². The topological polar surface area (TPSA) is 75.2 Å². The summed E-state index contributed by atoms with van der Waals surface area (Å²) in [6, 6.07) is 25.8. The fourth-order valence-corrected chi connectivity index (χ4v) is 4.64. The number of nitrogens with one attached hydrogen (secondary N) is 1. The van der Waals surface area contributed by atoms with Crippen molar-refractivity contribution in [2.24, 2.45) is 0 Å². The molecule has 1 aliphatic heterocycles. The number of ketones is 1. The van der Waals surface area contributed by atoms with Gasteiger partial charge in [-0.1, -0.05) is 73.0 Å². The lowest BCUT2D eigenvalue weighted by atomic mass is 9.97. The third-order valence-corrected chi connectivity index (χ3v) is 6.73. The van der Waals surface area contributed by atoms with E-state index in [1.165, 1.54) is 25.7 Å². The van der Waals surface area contributed by atoms with Crippen LogP contribution in [0.15, 0.2) is 84.9 Å². The minimum absolute atomic E-state index is 0.181. The van der Waals surface area contributed by atoms with Crippen molar-refractivity contribution in [3.8, 4) is 11.3 Å². The van der Waals surface area contributed by atoms with Gasteiger partial charge in [-0.25, -0.2) is 0 Å². The van der Waals surface area contributed by atoms with E-state index in [9.17, 15) is 9.59 Å². The number of benzene rings is 3. The first-order chi connectivity index (χ1) is 18.1. The summed E-state index contributed by atoms with van der Waals surface area (Å²) in [7, 11) is 0. The number of rotatable bonds is 6. The van der Waals surface area contributed by atoms with Gasteiger partial charge < -0.3 is 10.2 Å². The minimum Gasteiger partial charge on any atom is -0.355 e. The number of hydrogen-bond donors (Lipinski definition) is 1. The second kappa shape index (κ2) is 11.2. The SMILES string of the molecule is Cc1ccc(C(=O)c2ccccc2C(=O)Nc2cccc(-c3ccc(N4CCCCCC4)nn3)c2)cc1. The van der Waals surface area contributed by atoms with Crippen LogP contribution < -0.4 is 10.2 Å². The molecule has 1 amide bonds. The zero-order chi connectivity index (χ0) is 25.6. The fourth-order valence-electron chi connectivity index (χ4n) is 4.64. The third kappa shape index (κ3) is 5.75. The molecule has 6 heteroatoms. The molecule has 0 radical (unpaired) electrons. The summed E-state index contributed by atoms with van der Waals surface area (Å²) in [6.07, 6.45) is 4.91. The summed E-state index contributed by atoms with van der Waals surface area (Å²) in [5, 5.41) is 11.9. The molecule has 2 heterocycles. The Balaban J connectivity index is 1.33. The quantitative estimate of drug-likeness (QED) is 0.320. The van der Waals surface area contributed by atoms with Gasteiger partial charge in [0, 0.05) is 35.5 Å². The van der Waals surface area contributed by atoms with Gasteiger partial charge in [0.05, 0.1) is 11.3 Å². The Morgan fingerprint density at radius 1 is 0.757 bits per heavy atom. The van der Waals surface area contributed by atoms with E-state index < -0.39 is 0 Å². The smallest absolute Gasteiger partial charge is 0.256 e. The lowest BCUT2D eigenvalue weighted by Gasteiger charge is -2.20. The summed E-state index contributed by atoms with van der Waals surface area (Å²) >= 11 is 0. The average Bonchev–Trinajstić information content (AvgIpc) is 3.23. The van der Waals surface area contributed by atoms with Gasteiger partial charge >= 0.3 is 0 Å². The molecule has 1 N–H and O–H groups in total. The zero-order valence-corrected chi connectivity index (χ0v) is 21.0. The van der Waals surface area contributed by atoms with Gasteiger partial charge in [0.1, 0.15) is 0 Å². The van der Waals surface area contributed by atoms with Gasteiger partial charge in [0.2, 0.25) is 0 Å². The van der Waals surface area contributed by atoms with Crippen molar-refractivity contribution in [2.45, 2.75) is 32.6 Å². The van der Waals surface area contributed by atoms with E-state index in [1.807, 2.05) is 55.5 Å². The maximum absolute atomic E-state index is 13.2. The molecule has 6 nitrogen and oxygen atoms in total. The number of carbonyl (C=O) groups excluding carboxylic acids is 2. The number of aromatic nitrogens is 2. The van der Waals surface area contributed by atoms with Gasteiger partial charge in [-0.3, -0.25) is 9.59 Å². The molecule has 0 saturated carbocycles. The Bertz CT molecular complexity index is 1390. The number of amides is 1. The van der Waals surface area contributed by atoms with Gasteiger partial charge in [-0.15, -0.1) is 10.2 Å². The van der Waals surface area contributed by atoms with Crippen LogP contribution in [0.5, 0.6) is 0 Å². The predicted octanol–water partition coefficient (Wildman–Crippen LogP) is 6.32. The van der Waals surface area contributed by atoms with Crippen molar-refractivity contribution in [3.63, 3.8) is 0 Å². The second-order valence-corrected chi connectivity index (χ2v) is 9.45. The van der Waals surface area contributed by atoms with E-state index in [0.29, 0.717) is 22.4 Å². The van der Waals surface area contributed by atoms with E-state index in [0.717, 1.165) is 35.7 Å². The highest BCUT2D eigenvalue weighted by molar-refractivity contribution is 6.17. The highest BCUT2D eigenvalue weighted by Gasteiger charge is 2.18. The van der Waals surface area contributed by atoms with E-state index >= 15 is 0 Å². The van der Waals surface area contributed by atoms with Crippen LogP contribution in [-0.4, -0.2) is 35.0 Å². The molecule has 1 saturated heterocycles. The van der Waals surface area contributed by atoms with Crippen molar-refractivity contribution in [1.82, 2.24) is 10.2 Å². The zero-order valence-electron chi connectivity index (χ0n) is 21.0. The highest BCUT2D eigenvalue weighted by Crippen LogP contribution is 2.24. The first-order valence-corrected chi connectivity index (χ1v) is 12.8. The Hall–Kier alpha value is -4.32. The summed E-state index contributed by atoms with van der Waals surface area (Å²) < 4.78 is 0. The third-order valence-electron chi connectivity index (χ3n) is 6.73. The Morgan fingerprint density at radius 2 is 1.49 bits per heavy atom. The largest absolute Gasteiger partial charge is 0.355 e. The van der Waals surface area contributed by atoms with Gasteiger partial charge in [-0.05, 0) is 50.1 Å². The average molecular weight is 491 g/mol. The molecular weight excluding hydrogens is 460 g/mol. The molecule has 1 fully saturated rings. The maximum atomic E-state index is 13.2. The van der Waals surface area contributed by atoms with Gasteiger partial charge in [0.15, 0.2) is 11.6 Å². The lowest BCUT2D eigenvalue weighted by Crippen LogP contribution is -2.25. The van der Waals surface area contributed by atoms with E-state index in [4.69, 9.17) is 0 Å². The van der Waals surface area contributed by atoms with E-state index in [2.05, 4.69) is 20.4 Å². The second-order valence-electron chi connectivity index (χ2n) is 9.45. The van der Waals surface area contributed by atoms with Crippen molar-refractivity contribution >= 4 is 23.2 Å². The number of hydrogen-bond acceptors (Lipinski definition) is 5. The summed E-state index contributed by atoms with van der Waals surface area (Å²) in [4.78, 5) is 28.7. The molecule has 0 aliphatic carbocycles. The molecule has 0 unspecified atom stereocenters. The molecule has 0 spiro atoms. The number of nitrogens with zero attached hydrogens (tertiary/aromatic N) is 3. The number of aryl methyl sites for hydroxylation is 1. The minimum atomic E-state index is -0.337. The van der Waals surface area contributed by atoms with Crippen molar-refractivity contribution in [3.05, 3.63) is 107 Å². The molecule has 1 aliphatic rings. The van der Waals surface area contributed by atoms with Crippen LogP contribution in [0.2, 0.25) is 0 Å². The summed E-state index contributed by atoms with van der Waals surface area (Å²) in [6.45, 7) is 4.01. The van der Waals surface area contributed by atoms with E-state index in [-0.39, 0.29) is 11.7 Å². The maximum Gasteiger partial charge on any atom is 0.256 e. The van der Waals surface area contributed by atoms with Crippen LogP contribution in [0.4, 0.5) is 11.5 Å². The van der Waals surface area contributed by atoms with Gasteiger partial charge in [-0.2, -0.15) is 0 Å². The van der Waals surface area contributed by atoms with Crippen LogP contribution in [-0.2, 0) is 0 Å². The van der Waals surface area contributed by atoms with Crippen LogP contribution in [0.25, 0.3) is 11.3 Å². The van der Waals surface area contributed by atoms with Crippen LogP contribution in [0.3, 0.4) is 0 Å². The molecule has 3 aromatic carbocycles. The Kier molecular flexibility index (Phi) is 7.36. The molecule has 5 rings (SSSR count). The highest BCUT2D eigenvalue weighted by atomic mass is 16.2. The number of carbonyl (C=O) groups is 2. The van der Waals surface area contributed by atoms with Crippen molar-refractivity contribution < 1.29 is 9.59 Å². The predicted molar refractivity (Wildman–Crippen MR) is 147 cm³/mol.